The molecule has 7 nitrogen and oxygen atoms in total. The maximum atomic E-state index is 4.66. The Labute approximate surface area is 214 Å². The number of hydrogen-bond acceptors (Lipinski definition) is 5. The maximum absolute atomic E-state index is 4.66. The van der Waals surface area contributed by atoms with Crippen LogP contribution in [0.2, 0.25) is 0 Å². The van der Waals surface area contributed by atoms with Gasteiger partial charge in [0.15, 0.2) is 0 Å². The van der Waals surface area contributed by atoms with Crippen LogP contribution in [0, 0.1) is 5.92 Å². The van der Waals surface area contributed by atoms with E-state index in [0.29, 0.717) is 5.92 Å². The molecule has 0 unspecified atom stereocenters. The fourth-order valence-electron chi connectivity index (χ4n) is 4.75. The molecule has 182 valence electrons. The molecule has 0 saturated carbocycles. The molecule has 0 aliphatic carbocycles. The lowest BCUT2D eigenvalue weighted by atomic mass is 10.0. The van der Waals surface area contributed by atoms with Crippen molar-refractivity contribution < 1.29 is 0 Å². The Balaban J connectivity index is 1.38. The van der Waals surface area contributed by atoms with E-state index in [-0.39, 0.29) is 0 Å². The Morgan fingerprint density at radius 3 is 2.51 bits per heavy atom. The monoisotopic (exact) mass is 485 g/mol. The molecule has 0 atom stereocenters. The zero-order valence-electron chi connectivity index (χ0n) is 20.8. The SMILES string of the molecule is C=C(CC(C)C)Nc1cncc(-c2ccc3[nH]nc(-c4cc5c(-c6ccncc6)cncc5[nH]4)c3c2)c1. The minimum absolute atomic E-state index is 0.541. The lowest BCUT2D eigenvalue weighted by Gasteiger charge is -2.12. The number of fused-ring (bicyclic) bond motifs is 2. The van der Waals surface area contributed by atoms with Crippen LogP contribution < -0.4 is 5.32 Å². The molecule has 0 bridgehead atoms. The van der Waals surface area contributed by atoms with Crippen molar-refractivity contribution >= 4 is 27.5 Å². The summed E-state index contributed by atoms with van der Waals surface area (Å²) < 4.78 is 0. The summed E-state index contributed by atoms with van der Waals surface area (Å²) in [5, 5.41) is 13.4. The highest BCUT2D eigenvalue weighted by atomic mass is 15.1. The normalized spacial score (nSPS) is 11.4. The summed E-state index contributed by atoms with van der Waals surface area (Å²) in [4.78, 5) is 16.6. The molecule has 0 aliphatic heterocycles. The lowest BCUT2D eigenvalue weighted by Crippen LogP contribution is -2.02. The highest BCUT2D eigenvalue weighted by Crippen LogP contribution is 2.35. The Hall–Kier alpha value is -4.78. The molecule has 0 spiro atoms. The van der Waals surface area contributed by atoms with Gasteiger partial charge < -0.3 is 10.3 Å². The highest BCUT2D eigenvalue weighted by Gasteiger charge is 2.15. The molecule has 3 N–H and O–H groups in total. The van der Waals surface area contributed by atoms with Gasteiger partial charge in [-0.2, -0.15) is 5.10 Å². The summed E-state index contributed by atoms with van der Waals surface area (Å²) in [5.74, 6) is 0.541. The van der Waals surface area contributed by atoms with E-state index in [1.165, 1.54) is 0 Å². The molecular formula is C30H27N7. The molecule has 0 fully saturated rings. The van der Waals surface area contributed by atoms with Crippen LogP contribution in [0.15, 0.2) is 91.9 Å². The third kappa shape index (κ3) is 4.47. The zero-order valence-corrected chi connectivity index (χ0v) is 20.8. The van der Waals surface area contributed by atoms with Gasteiger partial charge in [-0.1, -0.05) is 26.5 Å². The minimum Gasteiger partial charge on any atom is -0.358 e. The summed E-state index contributed by atoms with van der Waals surface area (Å²) in [6, 6.07) is 14.5. The molecule has 0 saturated heterocycles. The molecule has 0 aliphatic rings. The number of nitrogens with one attached hydrogen (secondary N) is 3. The molecule has 1 aromatic carbocycles. The first kappa shape index (κ1) is 22.7. The van der Waals surface area contributed by atoms with E-state index >= 15 is 0 Å². The summed E-state index contributed by atoms with van der Waals surface area (Å²) in [5.41, 5.74) is 9.86. The van der Waals surface area contributed by atoms with Gasteiger partial charge in [0, 0.05) is 52.4 Å². The highest BCUT2D eigenvalue weighted by molar-refractivity contribution is 6.01. The van der Waals surface area contributed by atoms with Crippen LogP contribution in [0.4, 0.5) is 5.69 Å². The van der Waals surface area contributed by atoms with Crippen LogP contribution in [-0.2, 0) is 0 Å². The maximum Gasteiger partial charge on any atom is 0.116 e. The van der Waals surface area contributed by atoms with Gasteiger partial charge in [-0.15, -0.1) is 0 Å². The number of anilines is 1. The van der Waals surface area contributed by atoms with Crippen molar-refractivity contribution in [2.24, 2.45) is 5.92 Å². The van der Waals surface area contributed by atoms with Crippen LogP contribution in [0.3, 0.4) is 0 Å². The van der Waals surface area contributed by atoms with E-state index in [1.54, 1.807) is 12.4 Å². The molecule has 0 amide bonds. The van der Waals surface area contributed by atoms with E-state index in [2.05, 4.69) is 86.2 Å². The van der Waals surface area contributed by atoms with Crippen molar-refractivity contribution in [3.63, 3.8) is 0 Å². The van der Waals surface area contributed by atoms with E-state index in [0.717, 1.165) is 73.3 Å². The average molecular weight is 486 g/mol. The molecule has 5 heterocycles. The van der Waals surface area contributed by atoms with Crippen LogP contribution >= 0.6 is 0 Å². The second-order valence-electron chi connectivity index (χ2n) is 9.69. The standard InChI is InChI=1S/C30H27N7/c1-18(2)10-19(3)34-23-11-22(14-32-15-23)21-4-5-27-25(12-21)30(37-36-27)28-13-24-26(16-33-17-29(24)35-28)20-6-8-31-9-7-20/h4-9,11-18,34-35H,3,10H2,1-2H3,(H,36,37). The van der Waals surface area contributed by atoms with Gasteiger partial charge in [0.1, 0.15) is 5.69 Å². The average Bonchev–Trinajstić information content (AvgIpc) is 3.52. The minimum atomic E-state index is 0.541. The van der Waals surface area contributed by atoms with Crippen LogP contribution in [-0.4, -0.2) is 30.1 Å². The summed E-state index contributed by atoms with van der Waals surface area (Å²) in [6.45, 7) is 8.52. The number of aromatic amines is 2. The second-order valence-corrected chi connectivity index (χ2v) is 9.69. The van der Waals surface area contributed by atoms with Crippen molar-refractivity contribution in [1.29, 1.82) is 0 Å². The third-order valence-corrected chi connectivity index (χ3v) is 6.40. The van der Waals surface area contributed by atoms with Crippen molar-refractivity contribution in [3.05, 3.63) is 91.9 Å². The van der Waals surface area contributed by atoms with Gasteiger partial charge in [0.05, 0.1) is 34.8 Å². The van der Waals surface area contributed by atoms with Crippen LogP contribution in [0.1, 0.15) is 20.3 Å². The lowest BCUT2D eigenvalue weighted by molar-refractivity contribution is 0.645. The van der Waals surface area contributed by atoms with Gasteiger partial charge in [0.2, 0.25) is 0 Å². The van der Waals surface area contributed by atoms with Crippen molar-refractivity contribution in [2.75, 3.05) is 5.32 Å². The van der Waals surface area contributed by atoms with E-state index in [4.69, 9.17) is 0 Å². The first-order valence-corrected chi connectivity index (χ1v) is 12.3. The van der Waals surface area contributed by atoms with Gasteiger partial charge >= 0.3 is 0 Å². The molecule has 6 aromatic rings. The predicted octanol–water partition coefficient (Wildman–Crippen LogP) is 7.20. The number of benzene rings is 1. The number of allylic oxidation sites excluding steroid dienone is 1. The van der Waals surface area contributed by atoms with Crippen LogP contribution in [0.25, 0.3) is 55.4 Å². The van der Waals surface area contributed by atoms with Gasteiger partial charge in [0.25, 0.3) is 0 Å². The van der Waals surface area contributed by atoms with E-state index in [9.17, 15) is 0 Å². The number of hydrogen-bond donors (Lipinski definition) is 3. The fourth-order valence-corrected chi connectivity index (χ4v) is 4.75. The van der Waals surface area contributed by atoms with E-state index < -0.39 is 0 Å². The zero-order chi connectivity index (χ0) is 25.4. The topological polar surface area (TPSA) is 95.2 Å². The summed E-state index contributed by atoms with van der Waals surface area (Å²) in [6.07, 6.45) is 12.0. The van der Waals surface area contributed by atoms with Crippen molar-refractivity contribution in [2.45, 2.75) is 20.3 Å². The smallest absolute Gasteiger partial charge is 0.116 e. The van der Waals surface area contributed by atoms with Crippen LogP contribution in [0.5, 0.6) is 0 Å². The molecule has 7 heteroatoms. The summed E-state index contributed by atoms with van der Waals surface area (Å²) >= 11 is 0. The quantitative estimate of drug-likeness (QED) is 0.222. The largest absolute Gasteiger partial charge is 0.358 e. The molecular weight excluding hydrogens is 458 g/mol. The molecule has 5 aromatic heterocycles. The van der Waals surface area contributed by atoms with Crippen molar-refractivity contribution in [1.82, 2.24) is 30.1 Å². The molecule has 0 radical (unpaired) electrons. The van der Waals surface area contributed by atoms with Gasteiger partial charge in [-0.05, 0) is 59.9 Å². The number of pyridine rings is 3. The summed E-state index contributed by atoms with van der Waals surface area (Å²) in [7, 11) is 0. The second kappa shape index (κ2) is 9.35. The first-order valence-electron chi connectivity index (χ1n) is 12.3. The van der Waals surface area contributed by atoms with Gasteiger partial charge in [-0.25, -0.2) is 0 Å². The Morgan fingerprint density at radius 1 is 0.838 bits per heavy atom. The van der Waals surface area contributed by atoms with E-state index in [1.807, 2.05) is 36.9 Å². The number of rotatable bonds is 7. The Kier molecular flexibility index (Phi) is 5.73. The number of aromatic nitrogens is 6. The fraction of sp³-hybridized carbons (Fsp3) is 0.133. The molecule has 37 heavy (non-hydrogen) atoms. The predicted molar refractivity (Wildman–Crippen MR) is 150 cm³/mol. The number of H-pyrrole nitrogens is 2. The number of nitrogens with zero attached hydrogens (tertiary/aromatic N) is 4. The first-order chi connectivity index (χ1) is 18.0. The molecule has 6 rings (SSSR count). The Bertz CT molecular complexity index is 1730. The Morgan fingerprint density at radius 2 is 1.68 bits per heavy atom. The van der Waals surface area contributed by atoms with Crippen molar-refractivity contribution in [3.8, 4) is 33.6 Å². The van der Waals surface area contributed by atoms with Gasteiger partial charge in [-0.3, -0.25) is 20.1 Å². The third-order valence-electron chi connectivity index (χ3n) is 6.40.